The minimum atomic E-state index is -0.237. The number of aromatic amines is 1. The first-order valence-electron chi connectivity index (χ1n) is 13.0. The van der Waals surface area contributed by atoms with Gasteiger partial charge in [0.15, 0.2) is 0 Å². The smallest absolute Gasteiger partial charge is 0.319 e. The minimum absolute atomic E-state index is 0.234. The molecule has 10 nitrogen and oxygen atoms in total. The summed E-state index contributed by atoms with van der Waals surface area (Å²) >= 11 is 0. The van der Waals surface area contributed by atoms with Crippen LogP contribution in [0.15, 0.2) is 53.6 Å². The van der Waals surface area contributed by atoms with Crippen molar-refractivity contribution in [3.63, 3.8) is 0 Å². The number of anilines is 2. The normalized spacial score (nSPS) is 13.5. The number of likely N-dealkylation sites (tertiary alicyclic amines) is 1. The lowest BCUT2D eigenvalue weighted by atomic mass is 10.1. The van der Waals surface area contributed by atoms with E-state index in [4.69, 9.17) is 19.2 Å². The van der Waals surface area contributed by atoms with Gasteiger partial charge in [0.2, 0.25) is 5.88 Å². The predicted molar refractivity (Wildman–Crippen MR) is 147 cm³/mol. The van der Waals surface area contributed by atoms with Crippen molar-refractivity contribution in [2.75, 3.05) is 44.8 Å². The van der Waals surface area contributed by atoms with Crippen molar-refractivity contribution in [2.24, 2.45) is 0 Å². The van der Waals surface area contributed by atoms with Gasteiger partial charge in [0, 0.05) is 24.6 Å². The molecule has 1 fully saturated rings. The second-order valence-electron chi connectivity index (χ2n) is 8.91. The molecule has 1 aliphatic heterocycles. The van der Waals surface area contributed by atoms with Crippen LogP contribution >= 0.6 is 0 Å². The van der Waals surface area contributed by atoms with Crippen LogP contribution in [-0.2, 0) is 0 Å². The van der Waals surface area contributed by atoms with Crippen LogP contribution in [0.2, 0.25) is 0 Å². The van der Waals surface area contributed by atoms with E-state index in [-0.39, 0.29) is 11.6 Å². The fourth-order valence-electron chi connectivity index (χ4n) is 4.48. The highest BCUT2D eigenvalue weighted by Gasteiger charge is 2.17. The zero-order valence-electron chi connectivity index (χ0n) is 21.7. The number of aromatic nitrogens is 4. The molecule has 0 radical (unpaired) electrons. The van der Waals surface area contributed by atoms with Gasteiger partial charge in [0.25, 0.3) is 5.56 Å². The van der Waals surface area contributed by atoms with E-state index >= 15 is 0 Å². The maximum absolute atomic E-state index is 12.8. The molecule has 3 aromatic heterocycles. The summed E-state index contributed by atoms with van der Waals surface area (Å²) in [6.07, 6.45) is 5.78. The fourth-order valence-corrected chi connectivity index (χ4v) is 4.48. The zero-order chi connectivity index (χ0) is 26.3. The second kappa shape index (κ2) is 11.9. The molecular formula is C28H32N6O4. The van der Waals surface area contributed by atoms with Crippen molar-refractivity contribution < 1.29 is 14.2 Å². The second-order valence-corrected chi connectivity index (χ2v) is 8.91. The minimum Gasteiger partial charge on any atom is -0.492 e. The largest absolute Gasteiger partial charge is 0.492 e. The number of hydrogen-bond donors (Lipinski definition) is 2. The Labute approximate surface area is 221 Å². The Kier molecular flexibility index (Phi) is 7.98. The summed E-state index contributed by atoms with van der Waals surface area (Å²) < 4.78 is 17.1. The summed E-state index contributed by atoms with van der Waals surface area (Å²) in [5.41, 5.74) is 1.71. The van der Waals surface area contributed by atoms with E-state index in [1.165, 1.54) is 12.8 Å². The summed E-state index contributed by atoms with van der Waals surface area (Å²) in [5.74, 6) is 1.58. The molecule has 0 amide bonds. The Morgan fingerprint density at radius 2 is 1.79 bits per heavy atom. The van der Waals surface area contributed by atoms with Crippen molar-refractivity contribution in [3.8, 4) is 28.9 Å². The number of pyridine rings is 2. The van der Waals surface area contributed by atoms with Crippen molar-refractivity contribution in [2.45, 2.75) is 26.7 Å². The lowest BCUT2D eigenvalue weighted by Gasteiger charge is -2.15. The van der Waals surface area contributed by atoms with Gasteiger partial charge in [-0.05, 0) is 81.6 Å². The first-order chi connectivity index (χ1) is 18.6. The molecule has 1 aromatic carbocycles. The van der Waals surface area contributed by atoms with E-state index in [0.717, 1.165) is 36.5 Å². The quantitative estimate of drug-likeness (QED) is 0.299. The average molecular weight is 517 g/mol. The van der Waals surface area contributed by atoms with Gasteiger partial charge in [0.05, 0.1) is 29.9 Å². The first kappa shape index (κ1) is 25.5. The molecule has 10 heteroatoms. The molecule has 0 bridgehead atoms. The van der Waals surface area contributed by atoms with E-state index < -0.39 is 0 Å². The number of H-pyrrole nitrogens is 1. The van der Waals surface area contributed by atoms with Crippen LogP contribution in [0, 0.1) is 0 Å². The number of nitrogens with one attached hydrogen (secondary N) is 2. The number of ether oxygens (including phenoxy) is 3. The molecular weight excluding hydrogens is 484 g/mol. The fraction of sp³-hybridized carbons (Fsp3) is 0.357. The third-order valence-electron chi connectivity index (χ3n) is 6.31. The van der Waals surface area contributed by atoms with Crippen molar-refractivity contribution in [1.82, 2.24) is 24.8 Å². The molecule has 2 N–H and O–H groups in total. The van der Waals surface area contributed by atoms with E-state index in [0.29, 0.717) is 48.2 Å². The Bertz CT molecular complexity index is 1430. The summed E-state index contributed by atoms with van der Waals surface area (Å²) in [6, 6.07) is 11.5. The van der Waals surface area contributed by atoms with Gasteiger partial charge in [-0.15, -0.1) is 0 Å². The summed E-state index contributed by atoms with van der Waals surface area (Å²) in [4.78, 5) is 31.4. The van der Waals surface area contributed by atoms with Crippen LogP contribution in [0.1, 0.15) is 26.7 Å². The van der Waals surface area contributed by atoms with Crippen LogP contribution in [0.3, 0.4) is 0 Å². The van der Waals surface area contributed by atoms with Gasteiger partial charge >= 0.3 is 6.01 Å². The highest BCUT2D eigenvalue weighted by Crippen LogP contribution is 2.33. The van der Waals surface area contributed by atoms with E-state index in [1.807, 2.05) is 50.2 Å². The lowest BCUT2D eigenvalue weighted by Crippen LogP contribution is -2.25. The van der Waals surface area contributed by atoms with E-state index in [2.05, 4.69) is 25.2 Å². The highest BCUT2D eigenvalue weighted by atomic mass is 16.5. The molecule has 198 valence electrons. The van der Waals surface area contributed by atoms with Crippen LogP contribution in [-0.4, -0.2) is 64.3 Å². The number of benzene rings is 1. The third kappa shape index (κ3) is 5.86. The predicted octanol–water partition coefficient (Wildman–Crippen LogP) is 4.40. The van der Waals surface area contributed by atoms with Gasteiger partial charge < -0.3 is 24.5 Å². The van der Waals surface area contributed by atoms with Crippen molar-refractivity contribution in [3.05, 3.63) is 59.1 Å². The molecule has 4 heterocycles. The van der Waals surface area contributed by atoms with Crippen LogP contribution in [0.4, 0.5) is 11.5 Å². The molecule has 4 aromatic rings. The maximum atomic E-state index is 12.8. The molecule has 0 aliphatic carbocycles. The van der Waals surface area contributed by atoms with Gasteiger partial charge in [-0.3, -0.25) is 9.69 Å². The van der Waals surface area contributed by atoms with Crippen molar-refractivity contribution >= 4 is 22.3 Å². The maximum Gasteiger partial charge on any atom is 0.319 e. The molecule has 0 atom stereocenters. The monoisotopic (exact) mass is 516 g/mol. The number of hydrogen-bond acceptors (Lipinski definition) is 9. The molecule has 0 spiro atoms. The Hall–Kier alpha value is -4.18. The molecule has 0 saturated carbocycles. The molecule has 5 rings (SSSR count). The van der Waals surface area contributed by atoms with Crippen LogP contribution < -0.4 is 25.1 Å². The van der Waals surface area contributed by atoms with E-state index in [9.17, 15) is 4.79 Å². The number of nitrogens with zero attached hydrogens (tertiary/aromatic N) is 4. The first-order valence-corrected chi connectivity index (χ1v) is 13.0. The third-order valence-corrected chi connectivity index (χ3v) is 6.31. The Morgan fingerprint density at radius 3 is 2.55 bits per heavy atom. The number of rotatable bonds is 11. The molecule has 1 aliphatic rings. The van der Waals surface area contributed by atoms with Gasteiger partial charge in [0.1, 0.15) is 18.2 Å². The zero-order valence-corrected chi connectivity index (χ0v) is 21.7. The van der Waals surface area contributed by atoms with Crippen molar-refractivity contribution in [1.29, 1.82) is 0 Å². The number of fused-ring (bicyclic) bond motifs is 1. The van der Waals surface area contributed by atoms with E-state index in [1.54, 1.807) is 12.4 Å². The molecule has 38 heavy (non-hydrogen) atoms. The Morgan fingerprint density at radius 1 is 1.00 bits per heavy atom. The average Bonchev–Trinajstić information content (AvgIpc) is 3.44. The van der Waals surface area contributed by atoms with Gasteiger partial charge in [-0.2, -0.15) is 4.98 Å². The molecule has 1 saturated heterocycles. The topological polar surface area (TPSA) is 114 Å². The standard InChI is InChI=1S/C28H32N6O4/c1-3-36-27-22(18-30-28(33-27)37-4-2)23-17-19-11-12-29-26(35)24(19)25(32-23)31-20-7-9-21(10-8-20)38-16-15-34-13-5-6-14-34/h7-12,17-18H,3-6,13-16H2,1-2H3,(H,29,35)(H,31,32). The summed E-state index contributed by atoms with van der Waals surface area (Å²) in [6.45, 7) is 8.50. The van der Waals surface area contributed by atoms with Crippen LogP contribution in [0.25, 0.3) is 22.0 Å². The summed E-state index contributed by atoms with van der Waals surface area (Å²) in [7, 11) is 0. The molecule has 0 unspecified atom stereocenters. The summed E-state index contributed by atoms with van der Waals surface area (Å²) in [5, 5.41) is 4.48. The lowest BCUT2D eigenvalue weighted by molar-refractivity contribution is 0.238. The van der Waals surface area contributed by atoms with Gasteiger partial charge in [-0.1, -0.05) is 0 Å². The SMILES string of the molecule is CCOc1ncc(-c2cc3cc[nH]c(=O)c3c(Nc3ccc(OCCN4CCCC4)cc3)n2)c(OCC)n1. The van der Waals surface area contributed by atoms with Crippen LogP contribution in [0.5, 0.6) is 17.6 Å². The van der Waals surface area contributed by atoms with Gasteiger partial charge in [-0.25, -0.2) is 9.97 Å². The Balaban J connectivity index is 1.42. The highest BCUT2D eigenvalue weighted by molar-refractivity contribution is 5.95.